The van der Waals surface area contributed by atoms with E-state index in [-0.39, 0.29) is 35.1 Å². The number of phenolic OH excluding ortho intramolecular Hbond substituents is 1. The van der Waals surface area contributed by atoms with E-state index in [1.165, 1.54) is 13.2 Å². The zero-order chi connectivity index (χ0) is 21.6. The molecular formula is C23H23NO6. The van der Waals surface area contributed by atoms with Crippen molar-refractivity contribution in [2.45, 2.75) is 19.9 Å². The summed E-state index contributed by atoms with van der Waals surface area (Å²) < 4.78 is 16.4. The van der Waals surface area contributed by atoms with Crippen molar-refractivity contribution >= 4 is 16.9 Å². The highest BCUT2D eigenvalue weighted by Crippen LogP contribution is 2.40. The van der Waals surface area contributed by atoms with Gasteiger partial charge in [-0.1, -0.05) is 12.1 Å². The molecule has 4 rings (SSSR count). The van der Waals surface area contributed by atoms with Gasteiger partial charge in [-0.3, -0.25) is 9.59 Å². The van der Waals surface area contributed by atoms with Gasteiger partial charge in [0.05, 0.1) is 30.7 Å². The van der Waals surface area contributed by atoms with Crippen LogP contribution in [-0.4, -0.2) is 43.3 Å². The second-order valence-electron chi connectivity index (χ2n) is 7.45. The molecule has 3 aromatic rings. The van der Waals surface area contributed by atoms with Gasteiger partial charge in [0.2, 0.25) is 5.76 Å². The molecule has 7 heteroatoms. The van der Waals surface area contributed by atoms with Crippen LogP contribution in [0.25, 0.3) is 11.0 Å². The fourth-order valence-corrected chi connectivity index (χ4v) is 4.14. The van der Waals surface area contributed by atoms with E-state index in [1.807, 2.05) is 19.9 Å². The second-order valence-corrected chi connectivity index (χ2v) is 7.45. The van der Waals surface area contributed by atoms with Gasteiger partial charge in [-0.05, 0) is 48.7 Å². The Labute approximate surface area is 173 Å². The number of fused-ring (bicyclic) bond motifs is 2. The second kappa shape index (κ2) is 7.50. The van der Waals surface area contributed by atoms with E-state index < -0.39 is 6.04 Å². The first-order valence-corrected chi connectivity index (χ1v) is 9.62. The highest BCUT2D eigenvalue weighted by Gasteiger charge is 2.42. The summed E-state index contributed by atoms with van der Waals surface area (Å²) in [5, 5.41) is 10.5. The van der Waals surface area contributed by atoms with Gasteiger partial charge in [0.15, 0.2) is 16.9 Å². The average molecular weight is 409 g/mol. The van der Waals surface area contributed by atoms with Crippen molar-refractivity contribution in [3.05, 3.63) is 68.6 Å². The molecule has 156 valence electrons. The van der Waals surface area contributed by atoms with Crippen LogP contribution in [0.5, 0.6) is 11.5 Å². The summed E-state index contributed by atoms with van der Waals surface area (Å²) in [5.74, 6) is -0.0777. The maximum Gasteiger partial charge on any atom is 0.290 e. The van der Waals surface area contributed by atoms with E-state index in [9.17, 15) is 14.7 Å². The molecule has 2 aromatic carbocycles. The van der Waals surface area contributed by atoms with Crippen molar-refractivity contribution in [2.75, 3.05) is 27.4 Å². The van der Waals surface area contributed by atoms with Crippen LogP contribution in [-0.2, 0) is 4.74 Å². The maximum atomic E-state index is 13.6. The Morgan fingerprint density at radius 3 is 2.60 bits per heavy atom. The maximum absolute atomic E-state index is 13.6. The number of hydrogen-bond acceptors (Lipinski definition) is 6. The van der Waals surface area contributed by atoms with Crippen molar-refractivity contribution in [1.29, 1.82) is 0 Å². The van der Waals surface area contributed by atoms with Gasteiger partial charge >= 0.3 is 0 Å². The summed E-state index contributed by atoms with van der Waals surface area (Å²) in [6.07, 6.45) is 0. The van der Waals surface area contributed by atoms with Crippen LogP contribution in [0.4, 0.5) is 0 Å². The molecular weight excluding hydrogens is 386 g/mol. The summed E-state index contributed by atoms with van der Waals surface area (Å²) in [6, 6.07) is 7.82. The number of benzene rings is 2. The smallest absolute Gasteiger partial charge is 0.290 e. The number of ether oxygens (including phenoxy) is 2. The van der Waals surface area contributed by atoms with Gasteiger partial charge in [-0.15, -0.1) is 0 Å². The van der Waals surface area contributed by atoms with Gasteiger partial charge in [-0.25, -0.2) is 0 Å². The Kier molecular flexibility index (Phi) is 4.99. The van der Waals surface area contributed by atoms with Crippen LogP contribution in [0.1, 0.15) is 38.9 Å². The summed E-state index contributed by atoms with van der Waals surface area (Å²) in [6.45, 7) is 4.35. The molecule has 30 heavy (non-hydrogen) atoms. The van der Waals surface area contributed by atoms with Crippen LogP contribution in [0.3, 0.4) is 0 Å². The van der Waals surface area contributed by atoms with E-state index in [0.717, 1.165) is 11.1 Å². The van der Waals surface area contributed by atoms with Crippen LogP contribution in [0.2, 0.25) is 0 Å². The Hall–Kier alpha value is -3.32. The van der Waals surface area contributed by atoms with E-state index in [1.54, 1.807) is 30.2 Å². The van der Waals surface area contributed by atoms with E-state index >= 15 is 0 Å². The molecule has 0 unspecified atom stereocenters. The first-order chi connectivity index (χ1) is 14.4. The summed E-state index contributed by atoms with van der Waals surface area (Å²) in [4.78, 5) is 28.4. The molecule has 0 fully saturated rings. The van der Waals surface area contributed by atoms with Crippen molar-refractivity contribution in [3.8, 4) is 11.5 Å². The van der Waals surface area contributed by atoms with Crippen molar-refractivity contribution < 1.29 is 23.8 Å². The third-order valence-corrected chi connectivity index (χ3v) is 5.47. The predicted molar refractivity (Wildman–Crippen MR) is 111 cm³/mol. The van der Waals surface area contributed by atoms with Gasteiger partial charge in [0.1, 0.15) is 5.58 Å². The molecule has 0 bridgehead atoms. The lowest BCUT2D eigenvalue weighted by atomic mass is 9.96. The van der Waals surface area contributed by atoms with Crippen molar-refractivity contribution in [2.24, 2.45) is 0 Å². The first-order valence-electron chi connectivity index (χ1n) is 9.62. The number of phenols is 1. The number of rotatable bonds is 5. The number of aromatic hydroxyl groups is 1. The van der Waals surface area contributed by atoms with Gasteiger partial charge in [0.25, 0.3) is 5.91 Å². The molecule has 0 aliphatic carbocycles. The number of carbonyl (C=O) groups is 1. The number of nitrogens with zero attached hydrogens (tertiary/aromatic N) is 1. The number of hydrogen-bond donors (Lipinski definition) is 1. The molecule has 0 saturated heterocycles. The van der Waals surface area contributed by atoms with Gasteiger partial charge in [0, 0.05) is 13.7 Å². The molecule has 0 saturated carbocycles. The van der Waals surface area contributed by atoms with Crippen molar-refractivity contribution in [3.63, 3.8) is 0 Å². The lowest BCUT2D eigenvalue weighted by Gasteiger charge is -2.25. The molecule has 1 aliphatic rings. The predicted octanol–water partition coefficient (Wildman–Crippen LogP) is 3.32. The Morgan fingerprint density at radius 1 is 1.13 bits per heavy atom. The largest absolute Gasteiger partial charge is 0.504 e. The van der Waals surface area contributed by atoms with Crippen molar-refractivity contribution in [1.82, 2.24) is 4.90 Å². The van der Waals surface area contributed by atoms with Gasteiger partial charge in [-0.2, -0.15) is 0 Å². The first kappa shape index (κ1) is 20.0. The molecule has 2 heterocycles. The lowest BCUT2D eigenvalue weighted by molar-refractivity contribution is 0.0663. The minimum atomic E-state index is -0.668. The van der Waals surface area contributed by atoms with Crippen LogP contribution < -0.4 is 10.2 Å². The number of aryl methyl sites for hydroxylation is 2. The number of carbonyl (C=O) groups excluding carboxylic acids is 1. The normalized spacial score (nSPS) is 15.7. The van der Waals surface area contributed by atoms with E-state index in [2.05, 4.69) is 0 Å². The van der Waals surface area contributed by atoms with Crippen LogP contribution in [0, 0.1) is 13.8 Å². The average Bonchev–Trinajstić information content (AvgIpc) is 2.98. The Bertz CT molecular complexity index is 1210. The monoisotopic (exact) mass is 409 g/mol. The third-order valence-electron chi connectivity index (χ3n) is 5.47. The Balaban J connectivity index is 2.00. The SMILES string of the molecule is COCCN1C(=O)c2oc3cc(C)cc(C)c3c(=O)c2[C@H]1c1ccc(O)c(OC)c1. The highest BCUT2D eigenvalue weighted by atomic mass is 16.5. The molecule has 1 N–H and O–H groups in total. The standard InChI is InChI=1S/C23H23NO6/c1-12-9-13(2)18-17(10-12)30-22-19(21(18)26)20(24(23(22)27)7-8-28-3)14-5-6-15(25)16(11-14)29-4/h5-6,9-11,20,25H,7-8H2,1-4H3/t20-/m1/s1. The molecule has 1 aromatic heterocycles. The number of amides is 1. The molecule has 1 amide bonds. The fraction of sp³-hybridized carbons (Fsp3) is 0.304. The molecule has 0 spiro atoms. The van der Waals surface area contributed by atoms with E-state index in [4.69, 9.17) is 13.9 Å². The summed E-state index contributed by atoms with van der Waals surface area (Å²) >= 11 is 0. The van der Waals surface area contributed by atoms with Gasteiger partial charge < -0.3 is 23.9 Å². The minimum absolute atomic E-state index is 0.0221. The quantitative estimate of drug-likeness (QED) is 0.695. The van der Waals surface area contributed by atoms with E-state index in [0.29, 0.717) is 28.7 Å². The lowest BCUT2D eigenvalue weighted by Crippen LogP contribution is -2.32. The topological polar surface area (TPSA) is 89.2 Å². The fourth-order valence-electron chi connectivity index (χ4n) is 4.14. The van der Waals surface area contributed by atoms with Crippen LogP contribution >= 0.6 is 0 Å². The molecule has 1 aliphatic heterocycles. The molecule has 1 atom stereocenters. The Morgan fingerprint density at radius 2 is 1.90 bits per heavy atom. The van der Waals surface area contributed by atoms with Crippen LogP contribution in [0.15, 0.2) is 39.5 Å². The third kappa shape index (κ3) is 3.02. The summed E-state index contributed by atoms with van der Waals surface area (Å²) in [7, 11) is 3.00. The molecule has 7 nitrogen and oxygen atoms in total. The minimum Gasteiger partial charge on any atom is -0.504 e. The zero-order valence-corrected chi connectivity index (χ0v) is 17.3. The molecule has 0 radical (unpaired) electrons. The highest BCUT2D eigenvalue weighted by molar-refractivity contribution is 5.99. The summed E-state index contributed by atoms with van der Waals surface area (Å²) in [5.41, 5.74) is 2.86. The number of methoxy groups -OCH3 is 2. The zero-order valence-electron chi connectivity index (χ0n) is 17.3.